The normalized spacial score (nSPS) is 25.0. The van der Waals surface area contributed by atoms with Crippen LogP contribution in [0.2, 0.25) is 0 Å². The Bertz CT molecular complexity index is 818. The Morgan fingerprint density at radius 1 is 1.00 bits per heavy atom. The monoisotopic (exact) mass is 399 g/mol. The number of nitrogens with two attached hydrogens (primary N) is 1. The number of hydrogen-bond acceptors (Lipinski definition) is 2. The average molecular weight is 400 g/mol. The predicted octanol–water partition coefficient (Wildman–Crippen LogP) is 5.52. The fourth-order valence-corrected chi connectivity index (χ4v) is 5.79. The van der Waals surface area contributed by atoms with E-state index in [1.165, 1.54) is 62.7 Å². The molecule has 2 aromatic rings. The molecule has 4 rings (SSSR count). The second kappa shape index (κ2) is 8.39. The van der Waals surface area contributed by atoms with E-state index in [1.807, 2.05) is 6.07 Å². The van der Waals surface area contributed by atoms with Gasteiger partial charge < -0.3 is 15.2 Å². The smallest absolute Gasteiger partial charge is 0.123 e. The van der Waals surface area contributed by atoms with Crippen molar-refractivity contribution in [1.82, 2.24) is 9.47 Å². The summed E-state index contributed by atoms with van der Waals surface area (Å²) in [5, 5.41) is 1.04. The van der Waals surface area contributed by atoms with Crippen LogP contribution >= 0.6 is 0 Å². The molecule has 1 saturated carbocycles. The van der Waals surface area contributed by atoms with Crippen LogP contribution in [0, 0.1) is 17.2 Å². The fourth-order valence-electron chi connectivity index (χ4n) is 5.79. The zero-order valence-electron chi connectivity index (χ0n) is 18.5. The highest BCUT2D eigenvalue weighted by atomic mass is 19.1. The minimum Gasteiger partial charge on any atom is -0.344 e. The van der Waals surface area contributed by atoms with Gasteiger partial charge in [0.1, 0.15) is 5.82 Å². The third-order valence-electron chi connectivity index (χ3n) is 7.62. The van der Waals surface area contributed by atoms with Crippen molar-refractivity contribution in [3.8, 4) is 0 Å². The minimum absolute atomic E-state index is 0.158. The van der Waals surface area contributed by atoms with Crippen LogP contribution in [0.1, 0.15) is 70.9 Å². The molecule has 4 heteroatoms. The van der Waals surface area contributed by atoms with Crippen molar-refractivity contribution in [3.05, 3.63) is 35.8 Å². The lowest BCUT2D eigenvalue weighted by Crippen LogP contribution is -2.44. The summed E-state index contributed by atoms with van der Waals surface area (Å²) < 4.78 is 16.2. The highest BCUT2D eigenvalue weighted by Gasteiger charge is 2.33. The number of nitrogens with zero attached hydrogens (tertiary/aromatic N) is 2. The van der Waals surface area contributed by atoms with Gasteiger partial charge in [0.25, 0.3) is 0 Å². The summed E-state index contributed by atoms with van der Waals surface area (Å²) in [5.41, 5.74) is 8.61. The molecule has 2 aliphatic rings. The maximum atomic E-state index is 13.8. The van der Waals surface area contributed by atoms with Crippen molar-refractivity contribution in [1.29, 1.82) is 0 Å². The van der Waals surface area contributed by atoms with Crippen LogP contribution in [0.3, 0.4) is 0 Å². The number of halogens is 1. The molecule has 0 bridgehead atoms. The van der Waals surface area contributed by atoms with E-state index in [-0.39, 0.29) is 5.82 Å². The van der Waals surface area contributed by atoms with Crippen molar-refractivity contribution in [3.63, 3.8) is 0 Å². The van der Waals surface area contributed by atoms with E-state index in [2.05, 4.69) is 36.4 Å². The summed E-state index contributed by atoms with van der Waals surface area (Å²) >= 11 is 0. The number of likely N-dealkylation sites (tertiary alicyclic amines) is 1. The number of benzene rings is 1. The van der Waals surface area contributed by atoms with E-state index in [0.717, 1.165) is 23.8 Å². The lowest BCUT2D eigenvalue weighted by molar-refractivity contribution is 0.0723. The summed E-state index contributed by atoms with van der Waals surface area (Å²) in [6, 6.07) is 6.51. The van der Waals surface area contributed by atoms with Gasteiger partial charge >= 0.3 is 0 Å². The lowest BCUT2D eigenvalue weighted by atomic mass is 9.71. The maximum Gasteiger partial charge on any atom is 0.123 e. The molecule has 2 heterocycles. The second-order valence-corrected chi connectivity index (χ2v) is 10.4. The SMILES string of the molecule is CC(C)(C)[C@H]1CC[C@@H](N2CCC(n3cc(CCN)c4cc(F)ccc43)CC2)CC1. The maximum absolute atomic E-state index is 13.8. The third-order valence-corrected chi connectivity index (χ3v) is 7.62. The third kappa shape index (κ3) is 4.39. The Labute approximate surface area is 175 Å². The largest absolute Gasteiger partial charge is 0.344 e. The summed E-state index contributed by atoms with van der Waals surface area (Å²) in [4.78, 5) is 2.75. The summed E-state index contributed by atoms with van der Waals surface area (Å²) in [6.45, 7) is 10.2. The van der Waals surface area contributed by atoms with Gasteiger partial charge in [-0.3, -0.25) is 0 Å². The molecule has 29 heavy (non-hydrogen) atoms. The lowest BCUT2D eigenvalue weighted by Gasteiger charge is -2.43. The molecule has 1 aliphatic heterocycles. The van der Waals surface area contributed by atoms with Gasteiger partial charge in [-0.15, -0.1) is 0 Å². The van der Waals surface area contributed by atoms with Crippen LogP contribution < -0.4 is 5.73 Å². The van der Waals surface area contributed by atoms with Gasteiger partial charge in [-0.25, -0.2) is 4.39 Å². The molecule has 1 aromatic heterocycles. The molecule has 2 fully saturated rings. The van der Waals surface area contributed by atoms with Crippen molar-refractivity contribution >= 4 is 10.9 Å². The Hall–Kier alpha value is -1.39. The second-order valence-electron chi connectivity index (χ2n) is 10.4. The first-order valence-corrected chi connectivity index (χ1v) is 11.6. The van der Waals surface area contributed by atoms with Crippen molar-refractivity contribution in [2.24, 2.45) is 17.1 Å². The van der Waals surface area contributed by atoms with E-state index >= 15 is 0 Å². The Morgan fingerprint density at radius 2 is 1.69 bits per heavy atom. The summed E-state index contributed by atoms with van der Waals surface area (Å²) in [7, 11) is 0. The molecule has 0 spiro atoms. The van der Waals surface area contributed by atoms with Crippen LogP contribution in [0.15, 0.2) is 24.4 Å². The Balaban J connectivity index is 1.41. The molecule has 0 radical (unpaired) electrons. The molecular weight excluding hydrogens is 361 g/mol. The molecule has 2 N–H and O–H groups in total. The van der Waals surface area contributed by atoms with Crippen LogP contribution in [-0.2, 0) is 6.42 Å². The number of rotatable bonds is 4. The summed E-state index contributed by atoms with van der Waals surface area (Å²) in [5.74, 6) is 0.720. The van der Waals surface area contributed by atoms with Gasteiger partial charge in [-0.05, 0) is 86.6 Å². The molecule has 0 unspecified atom stereocenters. The fraction of sp³-hybridized carbons (Fsp3) is 0.680. The van der Waals surface area contributed by atoms with E-state index in [4.69, 9.17) is 5.73 Å². The van der Waals surface area contributed by atoms with Crippen molar-refractivity contribution in [2.45, 2.75) is 77.8 Å². The van der Waals surface area contributed by atoms with Gasteiger partial charge in [0.05, 0.1) is 0 Å². The molecule has 1 saturated heterocycles. The van der Waals surface area contributed by atoms with E-state index in [0.29, 0.717) is 18.0 Å². The number of fused-ring (bicyclic) bond motifs is 1. The molecule has 1 aromatic carbocycles. The first-order chi connectivity index (χ1) is 13.9. The molecule has 0 atom stereocenters. The number of aromatic nitrogens is 1. The number of hydrogen-bond donors (Lipinski definition) is 1. The first kappa shape index (κ1) is 20.9. The topological polar surface area (TPSA) is 34.2 Å². The standard InChI is InChI=1S/C25H38FN3/c1-25(2,3)19-4-7-21(8-5-19)28-14-11-22(12-15-28)29-17-18(10-13-27)23-16-20(26)6-9-24(23)29/h6,9,16-17,19,21-22H,4-5,7-8,10-15,27H2,1-3H3/t19-,21+. The Kier molecular flexibility index (Phi) is 6.04. The average Bonchev–Trinajstić information content (AvgIpc) is 3.05. The predicted molar refractivity (Wildman–Crippen MR) is 120 cm³/mol. The molecule has 3 nitrogen and oxygen atoms in total. The van der Waals surface area contributed by atoms with E-state index in [9.17, 15) is 4.39 Å². The Morgan fingerprint density at radius 3 is 2.31 bits per heavy atom. The highest BCUT2D eigenvalue weighted by molar-refractivity contribution is 5.84. The van der Waals surface area contributed by atoms with E-state index in [1.54, 1.807) is 12.1 Å². The molecule has 160 valence electrons. The first-order valence-electron chi connectivity index (χ1n) is 11.6. The van der Waals surface area contributed by atoms with Crippen LogP contribution in [-0.4, -0.2) is 35.1 Å². The number of piperidine rings is 1. The zero-order valence-corrected chi connectivity index (χ0v) is 18.5. The van der Waals surface area contributed by atoms with Crippen LogP contribution in [0.5, 0.6) is 0 Å². The van der Waals surface area contributed by atoms with Crippen LogP contribution in [0.4, 0.5) is 4.39 Å². The minimum atomic E-state index is -0.158. The van der Waals surface area contributed by atoms with Gasteiger partial charge in [0.2, 0.25) is 0 Å². The molecular formula is C25H38FN3. The van der Waals surface area contributed by atoms with Gasteiger partial charge in [-0.1, -0.05) is 20.8 Å². The highest BCUT2D eigenvalue weighted by Crippen LogP contribution is 2.40. The van der Waals surface area contributed by atoms with E-state index < -0.39 is 0 Å². The van der Waals surface area contributed by atoms with Crippen molar-refractivity contribution in [2.75, 3.05) is 19.6 Å². The quantitative estimate of drug-likeness (QED) is 0.734. The van der Waals surface area contributed by atoms with Crippen molar-refractivity contribution < 1.29 is 4.39 Å². The summed E-state index contributed by atoms with van der Waals surface area (Å²) in [6.07, 6.45) is 10.9. The van der Waals surface area contributed by atoms with Gasteiger partial charge in [0, 0.05) is 42.3 Å². The van der Waals surface area contributed by atoms with Gasteiger partial charge in [0.15, 0.2) is 0 Å². The van der Waals surface area contributed by atoms with Gasteiger partial charge in [-0.2, -0.15) is 0 Å². The van der Waals surface area contributed by atoms with Crippen LogP contribution in [0.25, 0.3) is 10.9 Å². The molecule has 0 amide bonds. The molecule has 1 aliphatic carbocycles. The zero-order chi connectivity index (χ0) is 20.6.